The minimum absolute atomic E-state index is 0.163. The van der Waals surface area contributed by atoms with Crippen LogP contribution in [0, 0.1) is 29.8 Å². The number of alkyl halides is 3. The van der Waals surface area contributed by atoms with Crippen molar-refractivity contribution in [1.29, 1.82) is 0 Å². The Kier molecular flexibility index (Phi) is 7.47. The average molecular weight is 526 g/mol. The van der Waals surface area contributed by atoms with Crippen LogP contribution in [0.3, 0.4) is 0 Å². The predicted octanol–water partition coefficient (Wildman–Crippen LogP) is 7.19. The van der Waals surface area contributed by atoms with Crippen LogP contribution in [-0.2, 0) is 12.8 Å². The van der Waals surface area contributed by atoms with Gasteiger partial charge in [0.2, 0.25) is 0 Å². The maximum atomic E-state index is 13.0. The van der Waals surface area contributed by atoms with Crippen molar-refractivity contribution in [2.75, 3.05) is 5.43 Å². The van der Waals surface area contributed by atoms with E-state index in [0.29, 0.717) is 24.0 Å². The molecule has 0 aliphatic carbocycles. The lowest BCUT2D eigenvalue weighted by Gasteiger charge is -2.11. The fourth-order valence-electron chi connectivity index (χ4n) is 3.88. The first-order valence-electron chi connectivity index (χ1n) is 11.3. The summed E-state index contributed by atoms with van der Waals surface area (Å²) in [6.07, 6.45) is -3.25. The number of halogens is 4. The second kappa shape index (κ2) is 10.8. The number of rotatable bonds is 8. The number of nitrogens with zero attached hydrogens (tertiary/aromatic N) is 3. The number of aromatic nitrogens is 1. The van der Waals surface area contributed by atoms with Crippen molar-refractivity contribution in [3.05, 3.63) is 117 Å². The molecule has 11 heteroatoms. The Hall–Kier alpha value is -4.67. The summed E-state index contributed by atoms with van der Waals surface area (Å²) in [5, 5.41) is 15.3. The van der Waals surface area contributed by atoms with Gasteiger partial charge in [0, 0.05) is 28.7 Å². The third-order valence-corrected chi connectivity index (χ3v) is 5.79. The number of nitro benzene ring substituents is 1. The van der Waals surface area contributed by atoms with Gasteiger partial charge in [-0.1, -0.05) is 12.1 Å². The van der Waals surface area contributed by atoms with E-state index in [1.54, 1.807) is 12.1 Å². The molecule has 1 aromatic heterocycles. The Morgan fingerprint density at radius 3 is 2.34 bits per heavy atom. The molecule has 0 saturated carbocycles. The van der Waals surface area contributed by atoms with Gasteiger partial charge in [-0.2, -0.15) is 18.3 Å². The minimum atomic E-state index is -4.70. The van der Waals surface area contributed by atoms with E-state index < -0.39 is 22.4 Å². The van der Waals surface area contributed by atoms with Crippen LogP contribution >= 0.6 is 0 Å². The number of benzene rings is 3. The van der Waals surface area contributed by atoms with Gasteiger partial charge in [-0.3, -0.25) is 15.5 Å². The first-order chi connectivity index (χ1) is 18.0. The molecule has 1 heterocycles. The zero-order valence-electron chi connectivity index (χ0n) is 20.3. The molecule has 0 fully saturated rings. The molecule has 0 radical (unpaired) electrons. The Bertz CT molecular complexity index is 1480. The Morgan fingerprint density at radius 1 is 1.03 bits per heavy atom. The number of anilines is 1. The van der Waals surface area contributed by atoms with E-state index in [1.165, 1.54) is 18.3 Å². The smallest absolute Gasteiger partial charge is 0.416 e. The fourth-order valence-corrected chi connectivity index (χ4v) is 3.88. The molecule has 196 valence electrons. The third kappa shape index (κ3) is 6.00. The molecule has 7 nitrogen and oxygen atoms in total. The summed E-state index contributed by atoms with van der Waals surface area (Å²) in [7, 11) is 0. The van der Waals surface area contributed by atoms with Gasteiger partial charge in [0.25, 0.3) is 5.69 Å². The second-order valence-corrected chi connectivity index (χ2v) is 8.43. The molecule has 0 atom stereocenters. The van der Waals surface area contributed by atoms with Gasteiger partial charge < -0.3 is 9.30 Å². The van der Waals surface area contributed by atoms with E-state index in [1.807, 2.05) is 48.7 Å². The van der Waals surface area contributed by atoms with Gasteiger partial charge in [-0.25, -0.2) is 4.39 Å². The number of hydrogen-bond acceptors (Lipinski definition) is 5. The van der Waals surface area contributed by atoms with E-state index in [0.717, 1.165) is 34.8 Å². The number of aryl methyl sites for hydroxylation is 1. The maximum Gasteiger partial charge on any atom is 0.416 e. The summed E-state index contributed by atoms with van der Waals surface area (Å²) in [6.45, 7) is 4.07. The normalized spacial score (nSPS) is 11.6. The first kappa shape index (κ1) is 26.4. The summed E-state index contributed by atoms with van der Waals surface area (Å²) in [6, 6.07) is 17.5. The summed E-state index contributed by atoms with van der Waals surface area (Å²) in [5.41, 5.74) is 4.59. The second-order valence-electron chi connectivity index (χ2n) is 8.43. The fraction of sp³-hybridized carbons (Fsp3) is 0.148. The molecule has 38 heavy (non-hydrogen) atoms. The monoisotopic (exact) mass is 526 g/mol. The van der Waals surface area contributed by atoms with Crippen LogP contribution in [0.2, 0.25) is 0 Å². The zero-order chi connectivity index (χ0) is 27.4. The molecule has 1 N–H and O–H groups in total. The molecule has 0 bridgehead atoms. The van der Waals surface area contributed by atoms with E-state index in [4.69, 9.17) is 4.74 Å². The SMILES string of the molecule is Cc1cc(/C=N\Nc2ccc(C(F)(F)F)cc2[N+](=O)[O-])c(C)n1-c1ccc(OCc2ccc(F)cc2)cc1. The Morgan fingerprint density at radius 2 is 1.71 bits per heavy atom. The highest BCUT2D eigenvalue weighted by molar-refractivity contribution is 5.83. The molecule has 0 spiro atoms. The first-order valence-corrected chi connectivity index (χ1v) is 11.3. The van der Waals surface area contributed by atoms with Crippen LogP contribution in [0.15, 0.2) is 77.9 Å². The van der Waals surface area contributed by atoms with E-state index >= 15 is 0 Å². The average Bonchev–Trinajstić information content (AvgIpc) is 3.16. The summed E-state index contributed by atoms with van der Waals surface area (Å²) in [4.78, 5) is 10.4. The van der Waals surface area contributed by atoms with Crippen molar-refractivity contribution in [1.82, 2.24) is 4.57 Å². The van der Waals surface area contributed by atoms with E-state index in [2.05, 4.69) is 10.5 Å². The molecule has 0 aliphatic rings. The lowest BCUT2D eigenvalue weighted by Crippen LogP contribution is -2.06. The Labute approximate surface area is 215 Å². The van der Waals surface area contributed by atoms with Crippen LogP contribution < -0.4 is 10.2 Å². The lowest BCUT2D eigenvalue weighted by atomic mass is 10.1. The zero-order valence-corrected chi connectivity index (χ0v) is 20.3. The third-order valence-electron chi connectivity index (χ3n) is 5.79. The molecule has 0 unspecified atom stereocenters. The van der Waals surface area contributed by atoms with Crippen LogP contribution in [0.25, 0.3) is 5.69 Å². The van der Waals surface area contributed by atoms with Crippen molar-refractivity contribution in [2.45, 2.75) is 26.6 Å². The molecule has 4 aromatic rings. The largest absolute Gasteiger partial charge is 0.489 e. The van der Waals surface area contributed by atoms with E-state index in [9.17, 15) is 27.7 Å². The molecule has 0 saturated heterocycles. The topological polar surface area (TPSA) is 81.7 Å². The van der Waals surface area contributed by atoms with Crippen molar-refractivity contribution >= 4 is 17.6 Å². The molecular formula is C27H22F4N4O3. The van der Waals surface area contributed by atoms with Gasteiger partial charge in [-0.05, 0) is 74.0 Å². The van der Waals surface area contributed by atoms with Crippen molar-refractivity contribution < 1.29 is 27.2 Å². The number of hydrogen-bond donors (Lipinski definition) is 1. The van der Waals surface area contributed by atoms with Gasteiger partial charge in [-0.15, -0.1) is 0 Å². The van der Waals surface area contributed by atoms with Crippen molar-refractivity contribution in [3.63, 3.8) is 0 Å². The van der Waals surface area contributed by atoms with Crippen LogP contribution in [0.4, 0.5) is 28.9 Å². The summed E-state index contributed by atoms with van der Waals surface area (Å²) < 4.78 is 59.5. The van der Waals surface area contributed by atoms with Gasteiger partial charge in [0.15, 0.2) is 0 Å². The molecular weight excluding hydrogens is 504 g/mol. The van der Waals surface area contributed by atoms with Gasteiger partial charge in [0.05, 0.1) is 16.7 Å². The quantitative estimate of drug-likeness (QED) is 0.114. The molecule has 3 aromatic carbocycles. The molecule has 0 amide bonds. The highest BCUT2D eigenvalue weighted by atomic mass is 19.4. The Balaban J connectivity index is 1.47. The molecule has 4 rings (SSSR count). The van der Waals surface area contributed by atoms with Gasteiger partial charge in [0.1, 0.15) is 23.9 Å². The van der Waals surface area contributed by atoms with Crippen molar-refractivity contribution in [2.24, 2.45) is 5.10 Å². The minimum Gasteiger partial charge on any atom is -0.489 e. The molecule has 0 aliphatic heterocycles. The highest BCUT2D eigenvalue weighted by Gasteiger charge is 2.33. The van der Waals surface area contributed by atoms with Crippen molar-refractivity contribution in [3.8, 4) is 11.4 Å². The number of nitro groups is 1. The van der Waals surface area contributed by atoms with E-state index in [-0.39, 0.29) is 11.5 Å². The standard InChI is InChI=1S/C27H22F4N4O3/c1-17-13-20(15-32-33-25-12-5-21(27(29,30)31)14-26(25)35(36)37)18(2)34(17)23-8-10-24(11-9-23)38-16-19-3-6-22(28)7-4-19/h3-15,33H,16H2,1-2H3/b32-15-. The van der Waals surface area contributed by atoms with Gasteiger partial charge >= 0.3 is 6.18 Å². The number of nitrogens with one attached hydrogen (secondary N) is 1. The van der Waals surface area contributed by atoms with Crippen LogP contribution in [0.5, 0.6) is 5.75 Å². The number of ether oxygens (including phenoxy) is 1. The number of hydrazone groups is 1. The highest BCUT2D eigenvalue weighted by Crippen LogP contribution is 2.35. The summed E-state index contributed by atoms with van der Waals surface area (Å²) >= 11 is 0. The lowest BCUT2D eigenvalue weighted by molar-refractivity contribution is -0.384. The predicted molar refractivity (Wildman–Crippen MR) is 135 cm³/mol. The summed E-state index contributed by atoms with van der Waals surface area (Å²) in [5.74, 6) is 0.335. The maximum absolute atomic E-state index is 13.0. The van der Waals surface area contributed by atoms with Crippen LogP contribution in [-0.4, -0.2) is 15.7 Å². The van der Waals surface area contributed by atoms with Crippen LogP contribution in [0.1, 0.15) is 28.1 Å².